The number of carbonyl (C=O) groups excluding carboxylic acids is 2. The van der Waals surface area contributed by atoms with Gasteiger partial charge in [0.2, 0.25) is 11.8 Å². The van der Waals surface area contributed by atoms with E-state index < -0.39 is 0 Å². The van der Waals surface area contributed by atoms with Crippen molar-refractivity contribution in [3.63, 3.8) is 0 Å². The van der Waals surface area contributed by atoms with Gasteiger partial charge in [-0.1, -0.05) is 27.7 Å². The lowest BCUT2D eigenvalue weighted by Crippen LogP contribution is -2.63. The first-order valence-corrected chi connectivity index (χ1v) is 14.0. The van der Waals surface area contributed by atoms with Crippen LogP contribution < -0.4 is 0 Å². The van der Waals surface area contributed by atoms with Crippen LogP contribution in [0, 0.1) is 23.7 Å². The normalized spacial score (nSPS) is 23.5. The molecule has 2 atom stereocenters. The molecule has 196 valence electrons. The van der Waals surface area contributed by atoms with Gasteiger partial charge in [0.05, 0.1) is 6.04 Å². The van der Waals surface area contributed by atoms with Gasteiger partial charge in [0, 0.05) is 58.6 Å². The van der Waals surface area contributed by atoms with Gasteiger partial charge in [0.25, 0.3) is 0 Å². The van der Waals surface area contributed by atoms with E-state index in [0.717, 1.165) is 70.0 Å². The number of aryl methyl sites for hydroxylation is 1. The van der Waals surface area contributed by atoms with Crippen LogP contribution in [0.2, 0.25) is 0 Å². The Morgan fingerprint density at radius 3 is 2.29 bits per heavy atom. The molecule has 0 bridgehead atoms. The fraction of sp³-hybridized carbons (Fsp3) is 0.821. The van der Waals surface area contributed by atoms with Crippen molar-refractivity contribution >= 4 is 11.8 Å². The molecule has 4 rings (SSSR count). The number of nitrogens with zero attached hydrogens (tertiary/aromatic N) is 5. The summed E-state index contributed by atoms with van der Waals surface area (Å²) in [6.07, 6.45) is 11.1. The summed E-state index contributed by atoms with van der Waals surface area (Å²) >= 11 is 0. The fourth-order valence-corrected chi connectivity index (χ4v) is 5.93. The minimum absolute atomic E-state index is 0.0738. The van der Waals surface area contributed by atoms with Crippen LogP contribution in [0.5, 0.6) is 0 Å². The summed E-state index contributed by atoms with van der Waals surface area (Å²) in [6.45, 7) is 12.9. The van der Waals surface area contributed by atoms with Gasteiger partial charge in [-0.3, -0.25) is 14.5 Å². The van der Waals surface area contributed by atoms with Gasteiger partial charge >= 0.3 is 0 Å². The van der Waals surface area contributed by atoms with Crippen molar-refractivity contribution in [3.05, 3.63) is 18.2 Å². The SMILES string of the molecule is CC(C)CC(C(=O)N1CCC(Cc2nccn2C)CC1)N1CCN(CC2CC2)[C@@H](CC(C)C)C1=O. The molecule has 2 saturated heterocycles. The molecule has 3 heterocycles. The van der Waals surface area contributed by atoms with E-state index in [9.17, 15) is 9.59 Å². The zero-order valence-electron chi connectivity index (χ0n) is 22.7. The van der Waals surface area contributed by atoms with Crippen molar-refractivity contribution in [1.82, 2.24) is 24.3 Å². The second-order valence-electron chi connectivity index (χ2n) is 12.2. The average molecular weight is 486 g/mol. The summed E-state index contributed by atoms with van der Waals surface area (Å²) in [5, 5.41) is 0. The first-order chi connectivity index (χ1) is 16.7. The van der Waals surface area contributed by atoms with Crippen LogP contribution in [0.1, 0.15) is 72.0 Å². The van der Waals surface area contributed by atoms with Crippen molar-refractivity contribution < 1.29 is 9.59 Å². The molecule has 7 nitrogen and oxygen atoms in total. The van der Waals surface area contributed by atoms with E-state index >= 15 is 0 Å². The van der Waals surface area contributed by atoms with Gasteiger partial charge in [-0.15, -0.1) is 0 Å². The van der Waals surface area contributed by atoms with Crippen LogP contribution in [-0.2, 0) is 23.1 Å². The zero-order chi connectivity index (χ0) is 25.1. The molecule has 0 N–H and O–H groups in total. The molecule has 1 aromatic rings. The highest BCUT2D eigenvalue weighted by Gasteiger charge is 2.43. The third-order valence-electron chi connectivity index (χ3n) is 8.20. The van der Waals surface area contributed by atoms with Gasteiger partial charge < -0.3 is 14.4 Å². The zero-order valence-corrected chi connectivity index (χ0v) is 22.7. The summed E-state index contributed by atoms with van der Waals surface area (Å²) in [5.41, 5.74) is 0. The van der Waals surface area contributed by atoms with E-state index in [1.807, 2.05) is 29.2 Å². The standard InChI is InChI=1S/C28H47N5O2/c1-20(2)16-24-28(35)33(15-14-32(24)19-23-6-7-23)25(17-21(3)4)27(34)31-11-8-22(9-12-31)18-26-29-10-13-30(26)5/h10,13,20-25H,6-9,11-12,14-19H2,1-5H3/t24-,25?/m0/s1. The van der Waals surface area contributed by atoms with E-state index in [4.69, 9.17) is 0 Å². The number of aromatic nitrogens is 2. The molecular weight excluding hydrogens is 438 g/mol. The maximum Gasteiger partial charge on any atom is 0.245 e. The number of rotatable bonds is 10. The average Bonchev–Trinajstić information content (AvgIpc) is 3.54. The minimum Gasteiger partial charge on any atom is -0.341 e. The summed E-state index contributed by atoms with van der Waals surface area (Å²) in [7, 11) is 2.05. The van der Waals surface area contributed by atoms with Crippen LogP contribution >= 0.6 is 0 Å². The second-order valence-corrected chi connectivity index (χ2v) is 12.2. The Hall–Kier alpha value is -1.89. The predicted molar refractivity (Wildman–Crippen MR) is 139 cm³/mol. The third kappa shape index (κ3) is 6.66. The molecule has 35 heavy (non-hydrogen) atoms. The lowest BCUT2D eigenvalue weighted by Gasteiger charge is -2.45. The van der Waals surface area contributed by atoms with Crippen molar-refractivity contribution in [3.8, 4) is 0 Å². The highest BCUT2D eigenvalue weighted by atomic mass is 16.2. The number of hydrogen-bond acceptors (Lipinski definition) is 4. The smallest absolute Gasteiger partial charge is 0.245 e. The minimum atomic E-state index is -0.327. The second kappa shape index (κ2) is 11.4. The Morgan fingerprint density at radius 2 is 1.71 bits per heavy atom. The molecule has 1 saturated carbocycles. The monoisotopic (exact) mass is 485 g/mol. The first kappa shape index (κ1) is 26.2. The summed E-state index contributed by atoms with van der Waals surface area (Å²) < 4.78 is 2.10. The van der Waals surface area contributed by atoms with Crippen LogP contribution in [0.15, 0.2) is 12.4 Å². The molecule has 0 spiro atoms. The van der Waals surface area contributed by atoms with E-state index in [1.165, 1.54) is 12.8 Å². The van der Waals surface area contributed by atoms with Crippen molar-refractivity contribution in [2.75, 3.05) is 32.7 Å². The molecule has 0 radical (unpaired) electrons. The summed E-state index contributed by atoms with van der Waals surface area (Å²) in [5.74, 6) is 3.64. The van der Waals surface area contributed by atoms with Gasteiger partial charge in [-0.05, 0) is 62.2 Å². The Morgan fingerprint density at radius 1 is 1.00 bits per heavy atom. The molecule has 7 heteroatoms. The van der Waals surface area contributed by atoms with Gasteiger partial charge in [-0.25, -0.2) is 4.98 Å². The Bertz CT molecular complexity index is 853. The molecular formula is C28H47N5O2. The molecule has 2 amide bonds. The number of hydrogen-bond donors (Lipinski definition) is 0. The lowest BCUT2D eigenvalue weighted by atomic mass is 9.91. The molecule has 3 aliphatic rings. The van der Waals surface area contributed by atoms with Crippen molar-refractivity contribution in [2.45, 2.75) is 84.7 Å². The number of piperidine rings is 1. The van der Waals surface area contributed by atoms with Crippen LogP contribution in [-0.4, -0.2) is 80.9 Å². The lowest BCUT2D eigenvalue weighted by molar-refractivity contribution is -0.155. The van der Waals surface area contributed by atoms with Crippen LogP contribution in [0.4, 0.5) is 0 Å². The van der Waals surface area contributed by atoms with Crippen LogP contribution in [0.25, 0.3) is 0 Å². The maximum absolute atomic E-state index is 13.9. The van der Waals surface area contributed by atoms with E-state index in [-0.39, 0.29) is 23.9 Å². The van der Waals surface area contributed by atoms with E-state index in [1.54, 1.807) is 0 Å². The number of amides is 2. The van der Waals surface area contributed by atoms with E-state index in [2.05, 4.69) is 42.1 Å². The topological polar surface area (TPSA) is 61.7 Å². The van der Waals surface area contributed by atoms with Gasteiger partial charge in [-0.2, -0.15) is 0 Å². The molecule has 1 unspecified atom stereocenters. The Kier molecular flexibility index (Phi) is 8.56. The van der Waals surface area contributed by atoms with Gasteiger partial charge in [0.1, 0.15) is 11.9 Å². The number of likely N-dealkylation sites (tertiary alicyclic amines) is 1. The molecule has 1 aliphatic carbocycles. The third-order valence-corrected chi connectivity index (χ3v) is 8.20. The number of carbonyl (C=O) groups is 2. The number of piperazine rings is 1. The molecule has 3 fully saturated rings. The highest BCUT2D eigenvalue weighted by Crippen LogP contribution is 2.33. The molecule has 2 aliphatic heterocycles. The summed E-state index contributed by atoms with van der Waals surface area (Å²) in [6, 6.07) is -0.401. The molecule has 0 aromatic carbocycles. The summed E-state index contributed by atoms with van der Waals surface area (Å²) in [4.78, 5) is 38.6. The van der Waals surface area contributed by atoms with Crippen molar-refractivity contribution in [2.24, 2.45) is 30.7 Å². The Balaban J connectivity index is 1.41. The predicted octanol–water partition coefficient (Wildman–Crippen LogP) is 3.58. The van der Waals surface area contributed by atoms with E-state index in [0.29, 0.717) is 24.3 Å². The number of imidazole rings is 1. The quantitative estimate of drug-likeness (QED) is 0.508. The Labute approximate surface area is 212 Å². The molecule has 1 aromatic heterocycles. The largest absolute Gasteiger partial charge is 0.341 e. The highest BCUT2D eigenvalue weighted by molar-refractivity contribution is 5.90. The van der Waals surface area contributed by atoms with Gasteiger partial charge in [0.15, 0.2) is 0 Å². The van der Waals surface area contributed by atoms with Crippen molar-refractivity contribution in [1.29, 1.82) is 0 Å². The maximum atomic E-state index is 13.9. The fourth-order valence-electron chi connectivity index (χ4n) is 5.93. The first-order valence-electron chi connectivity index (χ1n) is 14.0. The van der Waals surface area contributed by atoms with Crippen LogP contribution in [0.3, 0.4) is 0 Å².